The second kappa shape index (κ2) is 10.4. The van der Waals surface area contributed by atoms with Crippen molar-refractivity contribution < 1.29 is 19.1 Å². The summed E-state index contributed by atoms with van der Waals surface area (Å²) in [7, 11) is 1.40. The standard InChI is InChI=1S/C27H29ClN2O5/c1-16-8-7-9-18(12-16)13-23(26(33)35-27(3,4)5)30-24(32)15-22(25(29-30)34-6)21-14-19(28)10-11-20(21)17(2)31/h7-12,14-15,23H,13H2,1-6H3. The molecule has 0 aliphatic rings. The van der Waals surface area contributed by atoms with Crippen molar-refractivity contribution in [1.82, 2.24) is 9.78 Å². The minimum Gasteiger partial charge on any atom is -0.480 e. The van der Waals surface area contributed by atoms with Crippen LogP contribution in [0.1, 0.15) is 55.2 Å². The first-order valence-electron chi connectivity index (χ1n) is 11.2. The topological polar surface area (TPSA) is 87.5 Å². The molecule has 35 heavy (non-hydrogen) atoms. The van der Waals surface area contributed by atoms with Gasteiger partial charge in [0.2, 0.25) is 5.88 Å². The molecule has 0 spiro atoms. The predicted octanol–water partition coefficient (Wildman–Crippen LogP) is 5.21. The number of nitrogens with zero attached hydrogens (tertiary/aromatic N) is 2. The number of ether oxygens (including phenoxy) is 2. The van der Waals surface area contributed by atoms with Crippen molar-refractivity contribution in [3.8, 4) is 17.0 Å². The van der Waals surface area contributed by atoms with E-state index < -0.39 is 23.2 Å². The van der Waals surface area contributed by atoms with E-state index in [-0.39, 0.29) is 18.1 Å². The number of hydrogen-bond donors (Lipinski definition) is 0. The van der Waals surface area contributed by atoms with Gasteiger partial charge in [-0.3, -0.25) is 9.59 Å². The molecule has 0 amide bonds. The fourth-order valence-electron chi connectivity index (χ4n) is 3.77. The third-order valence-electron chi connectivity index (χ3n) is 5.25. The lowest BCUT2D eigenvalue weighted by Gasteiger charge is -2.25. The van der Waals surface area contributed by atoms with E-state index in [1.54, 1.807) is 39.0 Å². The largest absolute Gasteiger partial charge is 0.480 e. The maximum atomic E-state index is 13.3. The van der Waals surface area contributed by atoms with Gasteiger partial charge in [0.25, 0.3) is 5.56 Å². The Morgan fingerprint density at radius 3 is 2.40 bits per heavy atom. The van der Waals surface area contributed by atoms with Gasteiger partial charge in [-0.05, 0) is 63.9 Å². The third-order valence-corrected chi connectivity index (χ3v) is 5.49. The summed E-state index contributed by atoms with van der Waals surface area (Å²) >= 11 is 6.18. The van der Waals surface area contributed by atoms with Crippen LogP contribution >= 0.6 is 11.6 Å². The number of aromatic nitrogens is 2. The number of carbonyl (C=O) groups is 2. The summed E-state index contributed by atoms with van der Waals surface area (Å²) in [6.45, 7) is 8.66. The van der Waals surface area contributed by atoms with Crippen LogP contribution in [-0.4, -0.2) is 34.2 Å². The number of methoxy groups -OCH3 is 1. The lowest BCUT2D eigenvalue weighted by molar-refractivity contribution is -0.159. The van der Waals surface area contributed by atoms with Crippen LogP contribution in [0.3, 0.4) is 0 Å². The van der Waals surface area contributed by atoms with E-state index in [1.165, 1.54) is 20.1 Å². The van der Waals surface area contributed by atoms with Crippen molar-refractivity contribution in [3.63, 3.8) is 0 Å². The zero-order valence-electron chi connectivity index (χ0n) is 20.7. The fourth-order valence-corrected chi connectivity index (χ4v) is 3.94. The highest BCUT2D eigenvalue weighted by Crippen LogP contribution is 2.33. The number of ketones is 1. The Hall–Kier alpha value is -3.45. The van der Waals surface area contributed by atoms with Gasteiger partial charge in [0.1, 0.15) is 5.60 Å². The molecule has 1 atom stereocenters. The quantitative estimate of drug-likeness (QED) is 0.329. The predicted molar refractivity (Wildman–Crippen MR) is 135 cm³/mol. The molecule has 184 valence electrons. The van der Waals surface area contributed by atoms with Crippen LogP contribution in [0.25, 0.3) is 11.1 Å². The van der Waals surface area contributed by atoms with E-state index in [1.807, 2.05) is 31.2 Å². The Morgan fingerprint density at radius 1 is 1.09 bits per heavy atom. The Kier molecular flexibility index (Phi) is 7.80. The van der Waals surface area contributed by atoms with E-state index >= 15 is 0 Å². The molecule has 8 heteroatoms. The normalized spacial score (nSPS) is 12.2. The molecule has 0 aliphatic heterocycles. The van der Waals surface area contributed by atoms with Crippen molar-refractivity contribution in [3.05, 3.63) is 80.6 Å². The summed E-state index contributed by atoms with van der Waals surface area (Å²) in [4.78, 5) is 38.8. The van der Waals surface area contributed by atoms with Gasteiger partial charge in [0.05, 0.1) is 12.7 Å². The van der Waals surface area contributed by atoms with E-state index in [4.69, 9.17) is 21.1 Å². The molecule has 0 fully saturated rings. The first kappa shape index (κ1) is 26.2. The van der Waals surface area contributed by atoms with Crippen molar-refractivity contribution in [2.45, 2.75) is 52.7 Å². The van der Waals surface area contributed by atoms with E-state index in [2.05, 4.69) is 5.10 Å². The highest BCUT2D eigenvalue weighted by molar-refractivity contribution is 6.31. The van der Waals surface area contributed by atoms with Crippen LogP contribution in [-0.2, 0) is 16.0 Å². The molecule has 0 bridgehead atoms. The lowest BCUT2D eigenvalue weighted by atomic mass is 9.98. The van der Waals surface area contributed by atoms with Crippen LogP contribution in [0.2, 0.25) is 5.02 Å². The Labute approximate surface area is 209 Å². The Balaban J connectivity index is 2.18. The number of aryl methyl sites for hydroxylation is 1. The zero-order valence-corrected chi connectivity index (χ0v) is 21.5. The average molecular weight is 497 g/mol. The van der Waals surface area contributed by atoms with E-state index in [0.717, 1.165) is 15.8 Å². The van der Waals surface area contributed by atoms with E-state index in [0.29, 0.717) is 21.7 Å². The van der Waals surface area contributed by atoms with Gasteiger partial charge in [0, 0.05) is 23.1 Å². The Morgan fingerprint density at radius 2 is 1.80 bits per heavy atom. The molecule has 3 rings (SSSR count). The Bertz CT molecular complexity index is 1320. The average Bonchev–Trinajstić information content (AvgIpc) is 2.76. The molecular formula is C27H29ClN2O5. The first-order valence-corrected chi connectivity index (χ1v) is 11.5. The minimum atomic E-state index is -1.03. The summed E-state index contributed by atoms with van der Waals surface area (Å²) in [6.07, 6.45) is 0.196. The molecule has 1 aromatic heterocycles. The van der Waals surface area contributed by atoms with Gasteiger partial charge >= 0.3 is 5.97 Å². The molecular weight excluding hydrogens is 468 g/mol. The molecule has 1 unspecified atom stereocenters. The van der Waals surface area contributed by atoms with E-state index in [9.17, 15) is 14.4 Å². The van der Waals surface area contributed by atoms with Crippen LogP contribution in [0.5, 0.6) is 5.88 Å². The van der Waals surface area contributed by atoms with Gasteiger partial charge in [-0.2, -0.15) is 0 Å². The van der Waals surface area contributed by atoms with Crippen molar-refractivity contribution in [1.29, 1.82) is 0 Å². The monoisotopic (exact) mass is 496 g/mol. The SMILES string of the molecule is COc1nn(C(Cc2cccc(C)c2)C(=O)OC(C)(C)C)c(=O)cc1-c1cc(Cl)ccc1C(C)=O. The second-order valence-electron chi connectivity index (χ2n) is 9.34. The van der Waals surface area contributed by atoms with Crippen molar-refractivity contribution >= 4 is 23.4 Å². The molecule has 1 heterocycles. The van der Waals surface area contributed by atoms with Crippen molar-refractivity contribution in [2.24, 2.45) is 0 Å². The van der Waals surface area contributed by atoms with Crippen molar-refractivity contribution in [2.75, 3.05) is 7.11 Å². The highest BCUT2D eigenvalue weighted by atomic mass is 35.5. The summed E-state index contributed by atoms with van der Waals surface area (Å²) in [5.41, 5.74) is 1.68. The number of carbonyl (C=O) groups excluding carboxylic acids is 2. The van der Waals surface area contributed by atoms with Gasteiger partial charge < -0.3 is 9.47 Å². The van der Waals surface area contributed by atoms with Crippen LogP contribution in [0, 0.1) is 6.92 Å². The summed E-state index contributed by atoms with van der Waals surface area (Å²) in [6, 6.07) is 12.7. The van der Waals surface area contributed by atoms with Gasteiger partial charge in [0.15, 0.2) is 11.8 Å². The smallest absolute Gasteiger partial charge is 0.331 e. The van der Waals surface area contributed by atoms with Gasteiger partial charge in [-0.25, -0.2) is 9.48 Å². The number of benzene rings is 2. The number of rotatable bonds is 7. The summed E-state index contributed by atoms with van der Waals surface area (Å²) < 4.78 is 12.2. The molecule has 3 aromatic rings. The maximum Gasteiger partial charge on any atom is 0.331 e. The molecule has 0 radical (unpaired) electrons. The molecule has 2 aromatic carbocycles. The third kappa shape index (κ3) is 6.36. The van der Waals surface area contributed by atoms with Crippen LogP contribution in [0.15, 0.2) is 53.3 Å². The molecule has 0 saturated heterocycles. The zero-order chi connectivity index (χ0) is 25.9. The highest BCUT2D eigenvalue weighted by Gasteiger charge is 2.30. The number of halogens is 1. The second-order valence-corrected chi connectivity index (χ2v) is 9.78. The first-order chi connectivity index (χ1) is 16.4. The number of Topliss-reactive ketones (excluding diaryl/α,β-unsaturated/α-hetero) is 1. The summed E-state index contributed by atoms with van der Waals surface area (Å²) in [5, 5.41) is 4.78. The van der Waals surface area contributed by atoms with Gasteiger partial charge in [-0.1, -0.05) is 41.4 Å². The van der Waals surface area contributed by atoms with Crippen LogP contribution in [0.4, 0.5) is 0 Å². The molecule has 0 aliphatic carbocycles. The maximum absolute atomic E-state index is 13.3. The fraction of sp³-hybridized carbons (Fsp3) is 0.333. The molecule has 7 nitrogen and oxygen atoms in total. The van der Waals surface area contributed by atoms with Crippen LogP contribution < -0.4 is 10.3 Å². The molecule has 0 N–H and O–H groups in total. The minimum absolute atomic E-state index is 0.0761. The van der Waals surface area contributed by atoms with Gasteiger partial charge in [-0.15, -0.1) is 5.10 Å². The molecule has 0 saturated carbocycles. The number of esters is 1. The number of hydrogen-bond acceptors (Lipinski definition) is 6. The summed E-state index contributed by atoms with van der Waals surface area (Å²) in [5.74, 6) is -0.711. The lowest BCUT2D eigenvalue weighted by Crippen LogP contribution is -2.37.